The second-order valence-corrected chi connectivity index (χ2v) is 10.9. The summed E-state index contributed by atoms with van der Waals surface area (Å²) in [5.41, 5.74) is -2.78. The van der Waals surface area contributed by atoms with Crippen LogP contribution in [0.3, 0.4) is 0 Å². The molecule has 0 radical (unpaired) electrons. The third-order valence-electron chi connectivity index (χ3n) is 5.95. The van der Waals surface area contributed by atoms with Gasteiger partial charge in [-0.3, -0.25) is 14.4 Å². The molecule has 0 aliphatic heterocycles. The minimum atomic E-state index is -5.38. The molecule has 3 amide bonds. The highest BCUT2D eigenvalue weighted by molar-refractivity contribution is 6.53. The van der Waals surface area contributed by atoms with E-state index in [0.717, 1.165) is 18.2 Å². The fourth-order valence-electron chi connectivity index (χ4n) is 3.91. The van der Waals surface area contributed by atoms with E-state index in [1.54, 1.807) is 11.4 Å². The van der Waals surface area contributed by atoms with Crippen molar-refractivity contribution in [2.24, 2.45) is 5.92 Å². The Morgan fingerprint density at radius 3 is 2.10 bits per heavy atom. The van der Waals surface area contributed by atoms with Gasteiger partial charge in [0.15, 0.2) is 5.82 Å². The van der Waals surface area contributed by atoms with Gasteiger partial charge in [0.1, 0.15) is 21.7 Å². The summed E-state index contributed by atoms with van der Waals surface area (Å²) in [6.07, 6.45) is -5.38. The highest BCUT2D eigenvalue weighted by Gasteiger charge is 2.67. The molecule has 1 aliphatic carbocycles. The number of anilines is 3. The molecule has 3 aromatic carbocycles. The van der Waals surface area contributed by atoms with Gasteiger partial charge in [-0.25, -0.2) is 13.2 Å². The van der Waals surface area contributed by atoms with Crippen LogP contribution in [0.5, 0.6) is 0 Å². The van der Waals surface area contributed by atoms with Crippen LogP contribution in [0.2, 0.25) is 10.0 Å². The molecule has 41 heavy (non-hydrogen) atoms. The standard InChI is InChI=1S/C25H13Cl4F6N3O3/c26-12-3-1-9(7-13(12)27)17-18(24(17,28)29)22(40)36-10-2-4-14(30)11(8-10)21(39)38-20-15(31)5-6-16(19(20)32)37-23(41)25(33,34)35/h1-8,17-18H,(H,36,40)(H,37,41)(H,38,39)/t17-,18?/m0/s1. The molecule has 4 rings (SSSR count). The highest BCUT2D eigenvalue weighted by Crippen LogP contribution is 2.65. The van der Waals surface area contributed by atoms with Crippen molar-refractivity contribution in [1.29, 1.82) is 0 Å². The molecule has 1 saturated carbocycles. The van der Waals surface area contributed by atoms with Crippen molar-refractivity contribution in [3.8, 4) is 0 Å². The molecule has 1 aliphatic rings. The number of hydrogen-bond donors (Lipinski definition) is 3. The molecular weight excluding hydrogens is 646 g/mol. The lowest BCUT2D eigenvalue weighted by Crippen LogP contribution is -2.30. The zero-order chi connectivity index (χ0) is 30.4. The number of benzene rings is 3. The van der Waals surface area contributed by atoms with Crippen molar-refractivity contribution in [3.05, 3.63) is 87.2 Å². The monoisotopic (exact) mass is 657 g/mol. The van der Waals surface area contributed by atoms with Gasteiger partial charge in [-0.2, -0.15) is 13.2 Å². The molecule has 0 aromatic heterocycles. The smallest absolute Gasteiger partial charge is 0.326 e. The average Bonchev–Trinajstić information content (AvgIpc) is 3.47. The topological polar surface area (TPSA) is 87.3 Å². The highest BCUT2D eigenvalue weighted by atomic mass is 35.5. The van der Waals surface area contributed by atoms with Gasteiger partial charge in [0.25, 0.3) is 5.91 Å². The van der Waals surface area contributed by atoms with Crippen LogP contribution in [0.15, 0.2) is 48.5 Å². The van der Waals surface area contributed by atoms with E-state index in [2.05, 4.69) is 5.32 Å². The summed E-state index contributed by atoms with van der Waals surface area (Å²) in [5, 5.41) is 5.81. The normalized spacial score (nSPS) is 17.5. The molecule has 2 atom stereocenters. The number of halogens is 10. The van der Waals surface area contributed by atoms with E-state index in [4.69, 9.17) is 46.4 Å². The fraction of sp³-hybridized carbons (Fsp3) is 0.160. The maximum atomic E-state index is 14.7. The molecule has 16 heteroatoms. The van der Waals surface area contributed by atoms with Crippen LogP contribution >= 0.6 is 46.4 Å². The van der Waals surface area contributed by atoms with Crippen molar-refractivity contribution < 1.29 is 40.7 Å². The van der Waals surface area contributed by atoms with E-state index in [9.17, 15) is 40.7 Å². The Balaban J connectivity index is 1.52. The zero-order valence-corrected chi connectivity index (χ0v) is 22.8. The predicted molar refractivity (Wildman–Crippen MR) is 141 cm³/mol. The number of amides is 3. The van der Waals surface area contributed by atoms with Crippen molar-refractivity contribution in [2.45, 2.75) is 16.4 Å². The molecule has 0 bridgehead atoms. The number of hydrogen-bond acceptors (Lipinski definition) is 3. The second-order valence-electron chi connectivity index (χ2n) is 8.68. The molecule has 0 spiro atoms. The third kappa shape index (κ3) is 6.35. The van der Waals surface area contributed by atoms with Crippen LogP contribution in [0.25, 0.3) is 0 Å². The van der Waals surface area contributed by atoms with Gasteiger partial charge in [-0.05, 0) is 48.0 Å². The van der Waals surface area contributed by atoms with E-state index in [1.807, 2.05) is 0 Å². The molecule has 3 aromatic rings. The van der Waals surface area contributed by atoms with Crippen molar-refractivity contribution >= 4 is 81.2 Å². The second kappa shape index (κ2) is 11.2. The lowest BCUT2D eigenvalue weighted by Gasteiger charge is -2.14. The molecular formula is C25H13Cl4F6N3O3. The Kier molecular flexibility index (Phi) is 8.43. The van der Waals surface area contributed by atoms with Gasteiger partial charge in [-0.1, -0.05) is 29.3 Å². The summed E-state index contributed by atoms with van der Waals surface area (Å²) < 4.78 is 79.4. The van der Waals surface area contributed by atoms with Gasteiger partial charge < -0.3 is 16.0 Å². The maximum absolute atomic E-state index is 14.7. The SMILES string of the molecule is O=C(Nc1c(F)ccc(NC(=O)C(F)(F)F)c1F)c1cc(NC(=O)C2[C@H](c3ccc(Cl)c(Cl)c3)C2(Cl)Cl)ccc1F. The van der Waals surface area contributed by atoms with E-state index >= 15 is 0 Å². The van der Waals surface area contributed by atoms with Gasteiger partial charge in [0.2, 0.25) is 5.91 Å². The van der Waals surface area contributed by atoms with Gasteiger partial charge in [-0.15, -0.1) is 23.2 Å². The van der Waals surface area contributed by atoms with Crippen LogP contribution in [-0.4, -0.2) is 28.2 Å². The van der Waals surface area contributed by atoms with E-state index < -0.39 is 74.5 Å². The summed E-state index contributed by atoms with van der Waals surface area (Å²) in [6, 6.07) is 8.23. The number of carbonyl (C=O) groups excluding carboxylic acids is 3. The Hall–Kier alpha value is -3.19. The summed E-state index contributed by atoms with van der Waals surface area (Å²) in [5.74, 6) is -10.8. The summed E-state index contributed by atoms with van der Waals surface area (Å²) in [6.45, 7) is 0. The molecule has 1 unspecified atom stereocenters. The van der Waals surface area contributed by atoms with E-state index in [0.29, 0.717) is 17.7 Å². The van der Waals surface area contributed by atoms with Crippen LogP contribution in [-0.2, 0) is 9.59 Å². The molecule has 6 nitrogen and oxygen atoms in total. The van der Waals surface area contributed by atoms with Crippen LogP contribution < -0.4 is 16.0 Å². The maximum Gasteiger partial charge on any atom is 0.471 e. The molecule has 1 fully saturated rings. The largest absolute Gasteiger partial charge is 0.471 e. The minimum Gasteiger partial charge on any atom is -0.326 e. The fourth-order valence-corrected chi connectivity index (χ4v) is 5.04. The van der Waals surface area contributed by atoms with Crippen molar-refractivity contribution in [3.63, 3.8) is 0 Å². The molecule has 0 saturated heterocycles. The quantitative estimate of drug-likeness (QED) is 0.188. The summed E-state index contributed by atoms with van der Waals surface area (Å²) in [7, 11) is 0. The minimum absolute atomic E-state index is 0.127. The summed E-state index contributed by atoms with van der Waals surface area (Å²) in [4.78, 5) is 36.7. The predicted octanol–water partition coefficient (Wildman–Crippen LogP) is 7.69. The lowest BCUT2D eigenvalue weighted by molar-refractivity contribution is -0.167. The Morgan fingerprint density at radius 1 is 0.805 bits per heavy atom. The van der Waals surface area contributed by atoms with Crippen LogP contribution in [0.4, 0.5) is 43.4 Å². The first-order chi connectivity index (χ1) is 19.0. The first kappa shape index (κ1) is 30.8. The Bertz CT molecular complexity index is 1580. The van der Waals surface area contributed by atoms with Gasteiger partial charge >= 0.3 is 12.1 Å². The van der Waals surface area contributed by atoms with Crippen LogP contribution in [0, 0.1) is 23.4 Å². The van der Waals surface area contributed by atoms with Gasteiger partial charge in [0, 0.05) is 11.6 Å². The number of nitrogens with one attached hydrogen (secondary N) is 3. The first-order valence-electron chi connectivity index (χ1n) is 11.1. The molecule has 3 N–H and O–H groups in total. The third-order valence-corrected chi connectivity index (χ3v) is 7.63. The van der Waals surface area contributed by atoms with E-state index in [1.165, 1.54) is 17.4 Å². The summed E-state index contributed by atoms with van der Waals surface area (Å²) >= 11 is 24.5. The zero-order valence-electron chi connectivity index (χ0n) is 19.8. The number of rotatable bonds is 6. The van der Waals surface area contributed by atoms with Crippen molar-refractivity contribution in [2.75, 3.05) is 16.0 Å². The van der Waals surface area contributed by atoms with Crippen molar-refractivity contribution in [1.82, 2.24) is 0 Å². The molecule has 0 heterocycles. The lowest BCUT2D eigenvalue weighted by atomic mass is 10.1. The average molecular weight is 659 g/mol. The number of alkyl halides is 5. The first-order valence-corrected chi connectivity index (χ1v) is 12.6. The number of carbonyl (C=O) groups is 3. The Labute approximate surface area is 246 Å². The van der Waals surface area contributed by atoms with E-state index in [-0.39, 0.29) is 15.7 Å². The van der Waals surface area contributed by atoms with Crippen LogP contribution in [0.1, 0.15) is 21.8 Å². The van der Waals surface area contributed by atoms with Gasteiger partial charge in [0.05, 0.1) is 27.2 Å². The Morgan fingerprint density at radius 2 is 1.46 bits per heavy atom. The molecule has 216 valence electrons.